The second kappa shape index (κ2) is 5.95. The molecule has 0 aliphatic carbocycles. The Kier molecular flexibility index (Phi) is 3.98. The summed E-state index contributed by atoms with van der Waals surface area (Å²) in [7, 11) is 0. The highest BCUT2D eigenvalue weighted by molar-refractivity contribution is 6.06. The number of hydrogen-bond donors (Lipinski definition) is 1. The molecule has 0 radical (unpaired) electrons. The van der Waals surface area contributed by atoms with E-state index >= 15 is 0 Å². The third-order valence-electron chi connectivity index (χ3n) is 4.05. The smallest absolute Gasteiger partial charge is 0.272 e. The summed E-state index contributed by atoms with van der Waals surface area (Å²) >= 11 is 0. The Morgan fingerprint density at radius 1 is 1.13 bits per heavy atom. The molecule has 0 amide bonds. The van der Waals surface area contributed by atoms with E-state index in [4.69, 9.17) is 4.84 Å². The fraction of sp³-hybridized carbons (Fsp3) is 0.222. The first kappa shape index (κ1) is 15.4. The van der Waals surface area contributed by atoms with Gasteiger partial charge in [0.25, 0.3) is 5.72 Å². The predicted octanol–water partition coefficient (Wildman–Crippen LogP) is 3.10. The van der Waals surface area contributed by atoms with Gasteiger partial charge in [0, 0.05) is 18.1 Å². The summed E-state index contributed by atoms with van der Waals surface area (Å²) in [5.74, 6) is -0.344. The molecule has 2 aromatic carbocycles. The number of carbonyl (C=O) groups is 1. The number of ketones is 1. The van der Waals surface area contributed by atoms with E-state index in [1.807, 2.05) is 36.4 Å². The van der Waals surface area contributed by atoms with Crippen LogP contribution in [0.3, 0.4) is 0 Å². The van der Waals surface area contributed by atoms with Gasteiger partial charge in [-0.2, -0.15) is 0 Å². The van der Waals surface area contributed by atoms with Crippen molar-refractivity contribution in [1.82, 2.24) is 5.06 Å². The molecule has 2 atom stereocenters. The van der Waals surface area contributed by atoms with Crippen molar-refractivity contribution >= 4 is 11.5 Å². The van der Waals surface area contributed by atoms with E-state index in [1.165, 1.54) is 6.92 Å². The number of oxime groups is 1. The second-order valence-electron chi connectivity index (χ2n) is 5.63. The van der Waals surface area contributed by atoms with Crippen LogP contribution in [-0.2, 0) is 4.84 Å². The van der Waals surface area contributed by atoms with Crippen LogP contribution < -0.4 is 0 Å². The van der Waals surface area contributed by atoms with Gasteiger partial charge in [0.15, 0.2) is 0 Å². The topological polar surface area (TPSA) is 62.1 Å². The Hall–Kier alpha value is -2.50. The number of nitrogens with zero attached hydrogens (tertiary/aromatic N) is 2. The highest BCUT2D eigenvalue weighted by Gasteiger charge is 2.49. The minimum atomic E-state index is -1.56. The first-order valence-corrected chi connectivity index (χ1v) is 7.43. The van der Waals surface area contributed by atoms with E-state index in [9.17, 15) is 10.0 Å². The van der Waals surface area contributed by atoms with Crippen molar-refractivity contribution < 1.29 is 14.8 Å². The van der Waals surface area contributed by atoms with Gasteiger partial charge in [0.2, 0.25) is 5.78 Å². The van der Waals surface area contributed by atoms with Crippen LogP contribution in [0.2, 0.25) is 0 Å². The fourth-order valence-corrected chi connectivity index (χ4v) is 2.65. The van der Waals surface area contributed by atoms with Crippen LogP contribution >= 0.6 is 0 Å². The number of rotatable bonds is 3. The van der Waals surface area contributed by atoms with Gasteiger partial charge >= 0.3 is 0 Å². The fourth-order valence-electron chi connectivity index (χ4n) is 2.65. The molecule has 118 valence electrons. The average Bonchev–Trinajstić information content (AvgIpc) is 2.61. The van der Waals surface area contributed by atoms with Crippen LogP contribution in [0.15, 0.2) is 65.8 Å². The molecular formula is C18H18N2O3. The van der Waals surface area contributed by atoms with Crippen molar-refractivity contribution in [2.75, 3.05) is 0 Å². The number of carbonyl (C=O) groups excluding carboxylic acids is 1. The zero-order chi connectivity index (χ0) is 16.4. The maximum absolute atomic E-state index is 12.7. The Morgan fingerprint density at radius 2 is 1.70 bits per heavy atom. The summed E-state index contributed by atoms with van der Waals surface area (Å²) in [6.45, 7) is 3.30. The molecule has 0 saturated carbocycles. The van der Waals surface area contributed by atoms with Gasteiger partial charge in [-0.25, -0.2) is 0 Å². The molecule has 1 N–H and O–H groups in total. The predicted molar refractivity (Wildman–Crippen MR) is 86.3 cm³/mol. The van der Waals surface area contributed by atoms with Crippen LogP contribution in [0.4, 0.5) is 0 Å². The van der Waals surface area contributed by atoms with E-state index in [0.29, 0.717) is 11.3 Å². The Labute approximate surface area is 134 Å². The normalized spacial score (nSPS) is 24.7. The molecule has 5 nitrogen and oxygen atoms in total. The zero-order valence-corrected chi connectivity index (χ0v) is 13.0. The van der Waals surface area contributed by atoms with Crippen LogP contribution in [0.1, 0.15) is 29.8 Å². The third-order valence-corrected chi connectivity index (χ3v) is 4.05. The molecule has 0 aromatic heterocycles. The molecule has 1 heterocycles. The van der Waals surface area contributed by atoms with Gasteiger partial charge in [-0.3, -0.25) is 4.79 Å². The molecule has 0 bridgehead atoms. The summed E-state index contributed by atoms with van der Waals surface area (Å²) in [6, 6.07) is 17.7. The van der Waals surface area contributed by atoms with Gasteiger partial charge in [0.1, 0.15) is 5.71 Å². The molecule has 0 fully saturated rings. The lowest BCUT2D eigenvalue weighted by Crippen LogP contribution is -2.60. The van der Waals surface area contributed by atoms with Gasteiger partial charge in [-0.1, -0.05) is 65.8 Å². The van der Waals surface area contributed by atoms with Gasteiger partial charge in [-0.15, -0.1) is 5.06 Å². The first-order valence-electron chi connectivity index (χ1n) is 7.43. The van der Waals surface area contributed by atoms with E-state index in [2.05, 4.69) is 5.16 Å². The zero-order valence-electron chi connectivity index (χ0n) is 13.0. The van der Waals surface area contributed by atoms with E-state index in [0.717, 1.165) is 10.6 Å². The molecule has 1 aliphatic rings. The quantitative estimate of drug-likeness (QED) is 0.885. The summed E-state index contributed by atoms with van der Waals surface area (Å²) in [5.41, 5.74) is 0.318. The van der Waals surface area contributed by atoms with Crippen molar-refractivity contribution in [3.63, 3.8) is 0 Å². The maximum atomic E-state index is 12.7. The van der Waals surface area contributed by atoms with Crippen molar-refractivity contribution in [3.8, 4) is 0 Å². The first-order chi connectivity index (χ1) is 11.0. The average molecular weight is 310 g/mol. The highest BCUT2D eigenvalue weighted by Crippen LogP contribution is 2.29. The molecule has 3 rings (SSSR count). The molecule has 0 spiro atoms. The van der Waals surface area contributed by atoms with Gasteiger partial charge in [-0.05, 0) is 6.92 Å². The minimum absolute atomic E-state index is 0.344. The Balaban J connectivity index is 1.95. The van der Waals surface area contributed by atoms with E-state index < -0.39 is 11.8 Å². The Morgan fingerprint density at radius 3 is 2.30 bits per heavy atom. The summed E-state index contributed by atoms with van der Waals surface area (Å²) in [5, 5.41) is 15.6. The maximum Gasteiger partial charge on any atom is 0.272 e. The molecule has 5 heteroatoms. The largest absolute Gasteiger partial charge is 0.362 e. The number of hydrogen-bond acceptors (Lipinski definition) is 5. The standard InChI is InChI=1S/C18H18N2O3/c1-13-16(14-9-5-3-6-10-14)19-23-18(2,20(13)22)17(21)15-11-7-4-8-12-15/h3-13,22H,1-2H3/t13-,18+/m0/s1. The van der Waals surface area contributed by atoms with Crippen molar-refractivity contribution in [1.29, 1.82) is 0 Å². The van der Waals surface area contributed by atoms with Crippen LogP contribution in [0, 0.1) is 0 Å². The Bertz CT molecular complexity index is 730. The lowest BCUT2D eigenvalue weighted by atomic mass is 9.97. The molecule has 0 saturated heterocycles. The molecular weight excluding hydrogens is 292 g/mol. The van der Waals surface area contributed by atoms with Gasteiger partial charge < -0.3 is 10.0 Å². The highest BCUT2D eigenvalue weighted by atomic mass is 16.7. The van der Waals surface area contributed by atoms with Crippen LogP contribution in [0.25, 0.3) is 0 Å². The molecule has 0 unspecified atom stereocenters. The summed E-state index contributed by atoms with van der Waals surface area (Å²) < 4.78 is 0. The number of Topliss-reactive ketones (excluding diaryl/α,β-unsaturated/α-hetero) is 1. The second-order valence-corrected chi connectivity index (χ2v) is 5.63. The monoisotopic (exact) mass is 310 g/mol. The molecule has 23 heavy (non-hydrogen) atoms. The lowest BCUT2D eigenvalue weighted by molar-refractivity contribution is -0.266. The summed E-state index contributed by atoms with van der Waals surface area (Å²) in [4.78, 5) is 18.2. The summed E-state index contributed by atoms with van der Waals surface area (Å²) in [6.07, 6.45) is 0. The van der Waals surface area contributed by atoms with Crippen molar-refractivity contribution in [2.45, 2.75) is 25.6 Å². The van der Waals surface area contributed by atoms with Crippen molar-refractivity contribution in [3.05, 3.63) is 71.8 Å². The van der Waals surface area contributed by atoms with Gasteiger partial charge in [0.05, 0.1) is 6.04 Å². The molecule has 1 aliphatic heterocycles. The molecule has 2 aromatic rings. The number of benzene rings is 2. The minimum Gasteiger partial charge on any atom is -0.362 e. The van der Waals surface area contributed by atoms with Crippen molar-refractivity contribution in [2.24, 2.45) is 5.16 Å². The lowest BCUT2D eigenvalue weighted by Gasteiger charge is -2.40. The van der Waals surface area contributed by atoms with E-state index in [-0.39, 0.29) is 5.78 Å². The SMILES string of the molecule is C[C@H]1C(c2ccccc2)=NO[C@](C)(C(=O)c2ccccc2)N1O. The van der Waals surface area contributed by atoms with Crippen LogP contribution in [0.5, 0.6) is 0 Å². The van der Waals surface area contributed by atoms with Crippen LogP contribution in [-0.4, -0.2) is 33.5 Å². The number of hydroxylamine groups is 2. The van der Waals surface area contributed by atoms with E-state index in [1.54, 1.807) is 31.2 Å². The third kappa shape index (κ3) is 2.65.